The first-order valence-electron chi connectivity index (χ1n) is 12.6. The second-order valence-corrected chi connectivity index (χ2v) is 12.2. The highest BCUT2D eigenvalue weighted by molar-refractivity contribution is 7.92. The van der Waals surface area contributed by atoms with Crippen molar-refractivity contribution in [3.05, 3.63) is 100 Å². The monoisotopic (exact) mass is 589 g/mol. The second-order valence-electron chi connectivity index (χ2n) is 9.42. The standard InChI is InChI=1S/C29H33Cl2N3O4S/c1-4-21(2)32-29(36)27(17-22-10-6-5-7-11-22)33(19-23-12-8-13-24(30)16-23)28(35)20-34(39(3,37)38)26-15-9-14-25(31)18-26/h5-16,18,21,27H,4,17,19-20H2,1-3H3,(H,32,36)/t21-,27+/m1/s1. The lowest BCUT2D eigenvalue weighted by molar-refractivity contribution is -0.140. The molecule has 1 N–H and O–H groups in total. The van der Waals surface area contributed by atoms with Crippen LogP contribution in [0.25, 0.3) is 0 Å². The molecule has 0 fully saturated rings. The number of benzene rings is 3. The van der Waals surface area contributed by atoms with Gasteiger partial charge in [0.25, 0.3) is 0 Å². The van der Waals surface area contributed by atoms with Crippen LogP contribution in [0.2, 0.25) is 10.0 Å². The fourth-order valence-corrected chi connectivity index (χ4v) is 5.31. The first kappa shape index (κ1) is 30.5. The van der Waals surface area contributed by atoms with Gasteiger partial charge in [-0.25, -0.2) is 8.42 Å². The molecule has 3 aromatic rings. The van der Waals surface area contributed by atoms with Crippen molar-refractivity contribution in [2.24, 2.45) is 0 Å². The Balaban J connectivity index is 2.06. The largest absolute Gasteiger partial charge is 0.352 e. The number of hydrogen-bond donors (Lipinski definition) is 1. The van der Waals surface area contributed by atoms with Gasteiger partial charge >= 0.3 is 0 Å². The third kappa shape index (κ3) is 8.98. The van der Waals surface area contributed by atoms with Gasteiger partial charge in [0.05, 0.1) is 11.9 Å². The highest BCUT2D eigenvalue weighted by atomic mass is 35.5. The summed E-state index contributed by atoms with van der Waals surface area (Å²) in [5.74, 6) is -0.863. The smallest absolute Gasteiger partial charge is 0.244 e. The molecule has 0 saturated carbocycles. The Bertz CT molecular complexity index is 1390. The number of sulfonamides is 1. The Labute approximate surface area is 240 Å². The number of nitrogens with one attached hydrogen (secondary N) is 1. The molecule has 0 radical (unpaired) electrons. The Morgan fingerprint density at radius 3 is 2.10 bits per heavy atom. The van der Waals surface area contributed by atoms with E-state index in [-0.39, 0.29) is 30.6 Å². The predicted molar refractivity (Wildman–Crippen MR) is 157 cm³/mol. The lowest BCUT2D eigenvalue weighted by atomic mass is 10.0. The number of amides is 2. The average molecular weight is 591 g/mol. The van der Waals surface area contributed by atoms with E-state index in [0.29, 0.717) is 22.0 Å². The van der Waals surface area contributed by atoms with Crippen LogP contribution < -0.4 is 9.62 Å². The van der Waals surface area contributed by atoms with E-state index in [4.69, 9.17) is 23.2 Å². The first-order chi connectivity index (χ1) is 18.5. The number of rotatable bonds is 12. The predicted octanol–water partition coefficient (Wildman–Crippen LogP) is 5.31. The summed E-state index contributed by atoms with van der Waals surface area (Å²) in [6, 6.07) is 21.7. The molecule has 0 bridgehead atoms. The van der Waals surface area contributed by atoms with Crippen LogP contribution in [0.3, 0.4) is 0 Å². The molecule has 10 heteroatoms. The van der Waals surface area contributed by atoms with Gasteiger partial charge < -0.3 is 10.2 Å². The van der Waals surface area contributed by atoms with Gasteiger partial charge in [0.15, 0.2) is 0 Å². The SMILES string of the molecule is CC[C@@H](C)NC(=O)[C@H](Cc1ccccc1)N(Cc1cccc(Cl)c1)C(=O)CN(c1cccc(Cl)c1)S(C)(=O)=O. The highest BCUT2D eigenvalue weighted by Gasteiger charge is 2.33. The Hall–Kier alpha value is -3.07. The molecule has 0 spiro atoms. The molecule has 2 atom stereocenters. The van der Waals surface area contributed by atoms with Crippen molar-refractivity contribution in [3.63, 3.8) is 0 Å². The molecule has 39 heavy (non-hydrogen) atoms. The summed E-state index contributed by atoms with van der Waals surface area (Å²) in [6.45, 7) is 3.39. The minimum atomic E-state index is -3.87. The summed E-state index contributed by atoms with van der Waals surface area (Å²) in [6.07, 6.45) is 1.98. The summed E-state index contributed by atoms with van der Waals surface area (Å²) in [4.78, 5) is 29.1. The average Bonchev–Trinajstić information content (AvgIpc) is 2.89. The number of carbonyl (C=O) groups excluding carboxylic acids is 2. The fourth-order valence-electron chi connectivity index (χ4n) is 4.07. The van der Waals surface area contributed by atoms with Crippen molar-refractivity contribution >= 4 is 50.7 Å². The summed E-state index contributed by atoms with van der Waals surface area (Å²) in [5.41, 5.74) is 1.82. The van der Waals surface area contributed by atoms with Crippen LogP contribution >= 0.6 is 23.2 Å². The van der Waals surface area contributed by atoms with Crippen molar-refractivity contribution in [2.45, 2.75) is 45.3 Å². The molecule has 7 nitrogen and oxygen atoms in total. The Morgan fingerprint density at radius 2 is 1.51 bits per heavy atom. The number of nitrogens with zero attached hydrogens (tertiary/aromatic N) is 2. The van der Waals surface area contributed by atoms with Gasteiger partial charge in [-0.15, -0.1) is 0 Å². The van der Waals surface area contributed by atoms with E-state index < -0.39 is 28.5 Å². The Morgan fingerprint density at radius 1 is 0.897 bits per heavy atom. The molecule has 0 aromatic heterocycles. The minimum absolute atomic E-state index is 0.0535. The number of anilines is 1. The van der Waals surface area contributed by atoms with E-state index in [1.807, 2.05) is 50.2 Å². The third-order valence-electron chi connectivity index (χ3n) is 6.29. The van der Waals surface area contributed by atoms with Gasteiger partial charge in [-0.2, -0.15) is 0 Å². The van der Waals surface area contributed by atoms with E-state index in [0.717, 1.165) is 16.1 Å². The van der Waals surface area contributed by atoms with Crippen LogP contribution in [0.4, 0.5) is 5.69 Å². The van der Waals surface area contributed by atoms with Gasteiger partial charge in [-0.1, -0.05) is 78.7 Å². The van der Waals surface area contributed by atoms with Gasteiger partial charge in [-0.05, 0) is 54.8 Å². The van der Waals surface area contributed by atoms with Crippen LogP contribution in [0.15, 0.2) is 78.9 Å². The lowest BCUT2D eigenvalue weighted by Crippen LogP contribution is -2.54. The molecule has 0 aliphatic heterocycles. The molecule has 2 amide bonds. The van der Waals surface area contributed by atoms with Crippen molar-refractivity contribution < 1.29 is 18.0 Å². The van der Waals surface area contributed by atoms with E-state index in [1.165, 1.54) is 11.0 Å². The summed E-state index contributed by atoms with van der Waals surface area (Å²) >= 11 is 12.3. The van der Waals surface area contributed by atoms with E-state index in [9.17, 15) is 18.0 Å². The quantitative estimate of drug-likeness (QED) is 0.310. The molecule has 3 aromatic carbocycles. The molecular formula is C29H33Cl2N3O4S. The van der Waals surface area contributed by atoms with Crippen molar-refractivity contribution in [3.8, 4) is 0 Å². The van der Waals surface area contributed by atoms with Crippen LogP contribution in [-0.2, 0) is 32.6 Å². The summed E-state index contributed by atoms with van der Waals surface area (Å²) in [7, 11) is -3.87. The zero-order valence-corrected chi connectivity index (χ0v) is 24.5. The van der Waals surface area contributed by atoms with Crippen molar-refractivity contribution in [2.75, 3.05) is 17.1 Å². The number of hydrogen-bond acceptors (Lipinski definition) is 4. The van der Waals surface area contributed by atoms with Gasteiger partial charge in [0, 0.05) is 29.1 Å². The number of carbonyl (C=O) groups is 2. The molecule has 0 unspecified atom stereocenters. The van der Waals surface area contributed by atoms with Crippen LogP contribution in [0.1, 0.15) is 31.4 Å². The maximum absolute atomic E-state index is 14.0. The number of halogens is 2. The molecule has 0 aliphatic rings. The molecule has 208 valence electrons. The van der Waals surface area contributed by atoms with Crippen molar-refractivity contribution in [1.29, 1.82) is 0 Å². The molecule has 3 rings (SSSR count). The van der Waals surface area contributed by atoms with Gasteiger partial charge in [-0.3, -0.25) is 13.9 Å². The normalized spacial score (nSPS) is 12.8. The zero-order valence-electron chi connectivity index (χ0n) is 22.2. The van der Waals surface area contributed by atoms with Gasteiger partial charge in [0.2, 0.25) is 21.8 Å². The van der Waals surface area contributed by atoms with E-state index >= 15 is 0 Å². The van der Waals surface area contributed by atoms with Crippen molar-refractivity contribution in [1.82, 2.24) is 10.2 Å². The Kier molecular flexibility index (Phi) is 10.8. The zero-order chi connectivity index (χ0) is 28.6. The van der Waals surface area contributed by atoms with Gasteiger partial charge in [0.1, 0.15) is 12.6 Å². The highest BCUT2D eigenvalue weighted by Crippen LogP contribution is 2.23. The molecular weight excluding hydrogens is 557 g/mol. The van der Waals surface area contributed by atoms with Crippen LogP contribution in [0.5, 0.6) is 0 Å². The van der Waals surface area contributed by atoms with E-state index in [2.05, 4.69) is 5.32 Å². The summed E-state index contributed by atoms with van der Waals surface area (Å²) in [5, 5.41) is 3.82. The summed E-state index contributed by atoms with van der Waals surface area (Å²) < 4.78 is 26.6. The molecule has 0 aliphatic carbocycles. The topological polar surface area (TPSA) is 86.8 Å². The van der Waals surface area contributed by atoms with Crippen LogP contribution in [-0.4, -0.2) is 50.0 Å². The second kappa shape index (κ2) is 13.8. The molecule has 0 saturated heterocycles. The third-order valence-corrected chi connectivity index (χ3v) is 7.90. The van der Waals surface area contributed by atoms with E-state index in [1.54, 1.807) is 36.4 Å². The lowest BCUT2D eigenvalue weighted by Gasteiger charge is -2.34. The fraction of sp³-hybridized carbons (Fsp3) is 0.310. The molecule has 0 heterocycles. The first-order valence-corrected chi connectivity index (χ1v) is 15.2. The maximum Gasteiger partial charge on any atom is 0.244 e. The minimum Gasteiger partial charge on any atom is -0.352 e. The van der Waals surface area contributed by atoms with Crippen LogP contribution in [0, 0.1) is 0 Å². The maximum atomic E-state index is 14.0.